The molecule has 0 radical (unpaired) electrons. The van der Waals surface area contributed by atoms with Gasteiger partial charge >= 0.3 is 6.09 Å². The Morgan fingerprint density at radius 1 is 1.23 bits per heavy atom. The molecule has 8 heteroatoms. The standard InChI is InChI=1S/C23H37N5O3/c1-5-24-22(27-19-10-12-28(13-11-19)23(30)31-6-2)25-16-18-8-7-9-20(15-18)26-21(29)14-17(3)4/h7-9,15,17,19H,5-6,10-14,16H2,1-4H3,(H,26,29)(H2,24,25,27). The molecular formula is C23H37N5O3. The van der Waals surface area contributed by atoms with Gasteiger partial charge in [0.2, 0.25) is 5.91 Å². The quantitative estimate of drug-likeness (QED) is 0.433. The molecule has 2 amide bonds. The van der Waals surface area contributed by atoms with Crippen molar-refractivity contribution in [1.29, 1.82) is 0 Å². The highest BCUT2D eigenvalue weighted by Gasteiger charge is 2.24. The smallest absolute Gasteiger partial charge is 0.409 e. The van der Waals surface area contributed by atoms with Crippen molar-refractivity contribution in [1.82, 2.24) is 15.5 Å². The van der Waals surface area contributed by atoms with Crippen LogP contribution in [-0.2, 0) is 16.1 Å². The van der Waals surface area contributed by atoms with Crippen LogP contribution < -0.4 is 16.0 Å². The summed E-state index contributed by atoms with van der Waals surface area (Å²) in [4.78, 5) is 30.3. The molecule has 0 atom stereocenters. The summed E-state index contributed by atoms with van der Waals surface area (Å²) in [6.07, 6.45) is 1.97. The molecule has 1 fully saturated rings. The molecule has 31 heavy (non-hydrogen) atoms. The van der Waals surface area contributed by atoms with E-state index in [1.165, 1.54) is 0 Å². The van der Waals surface area contributed by atoms with Gasteiger partial charge in [-0.15, -0.1) is 0 Å². The van der Waals surface area contributed by atoms with Gasteiger partial charge in [0.15, 0.2) is 5.96 Å². The molecule has 0 saturated carbocycles. The molecule has 0 spiro atoms. The third-order valence-electron chi connectivity index (χ3n) is 4.93. The lowest BCUT2D eigenvalue weighted by Gasteiger charge is -2.32. The number of anilines is 1. The maximum absolute atomic E-state index is 12.0. The minimum atomic E-state index is -0.234. The third-order valence-corrected chi connectivity index (χ3v) is 4.93. The van der Waals surface area contributed by atoms with E-state index in [2.05, 4.69) is 16.0 Å². The predicted molar refractivity (Wildman–Crippen MR) is 124 cm³/mol. The van der Waals surface area contributed by atoms with E-state index in [4.69, 9.17) is 9.73 Å². The third kappa shape index (κ3) is 8.86. The van der Waals surface area contributed by atoms with Gasteiger partial charge in [0, 0.05) is 37.8 Å². The van der Waals surface area contributed by atoms with Gasteiger partial charge in [0.05, 0.1) is 13.2 Å². The monoisotopic (exact) mass is 431 g/mol. The van der Waals surface area contributed by atoms with E-state index < -0.39 is 0 Å². The molecule has 1 aromatic carbocycles. The second-order valence-corrected chi connectivity index (χ2v) is 8.15. The molecule has 172 valence electrons. The Kier molecular flexibility index (Phi) is 10.1. The van der Waals surface area contributed by atoms with E-state index in [1.54, 1.807) is 4.90 Å². The number of carbonyl (C=O) groups is 2. The van der Waals surface area contributed by atoms with Crippen molar-refractivity contribution in [3.63, 3.8) is 0 Å². The van der Waals surface area contributed by atoms with Crippen molar-refractivity contribution in [3.8, 4) is 0 Å². The van der Waals surface area contributed by atoms with Crippen LogP contribution in [0, 0.1) is 5.92 Å². The molecule has 0 aliphatic carbocycles. The number of ether oxygens (including phenoxy) is 1. The minimum absolute atomic E-state index is 0.0276. The molecule has 1 saturated heterocycles. The Morgan fingerprint density at radius 2 is 1.97 bits per heavy atom. The second kappa shape index (κ2) is 12.8. The van der Waals surface area contributed by atoms with E-state index in [0.717, 1.165) is 36.6 Å². The van der Waals surface area contributed by atoms with Gasteiger partial charge in [-0.2, -0.15) is 0 Å². The van der Waals surface area contributed by atoms with Crippen molar-refractivity contribution in [2.75, 3.05) is 31.6 Å². The summed E-state index contributed by atoms with van der Waals surface area (Å²) in [6, 6.07) is 8.05. The zero-order valence-electron chi connectivity index (χ0n) is 19.2. The first-order valence-electron chi connectivity index (χ1n) is 11.3. The molecule has 0 bridgehead atoms. The topological polar surface area (TPSA) is 95.1 Å². The van der Waals surface area contributed by atoms with Gasteiger partial charge in [-0.25, -0.2) is 9.79 Å². The summed E-state index contributed by atoms with van der Waals surface area (Å²) in [7, 11) is 0. The van der Waals surface area contributed by atoms with Crippen LogP contribution in [0.2, 0.25) is 0 Å². The highest BCUT2D eigenvalue weighted by molar-refractivity contribution is 5.90. The first kappa shape index (κ1) is 24.5. The lowest BCUT2D eigenvalue weighted by Crippen LogP contribution is -2.49. The zero-order valence-corrected chi connectivity index (χ0v) is 19.2. The van der Waals surface area contributed by atoms with E-state index in [9.17, 15) is 9.59 Å². The normalized spacial score (nSPS) is 15.0. The van der Waals surface area contributed by atoms with Gasteiger partial charge in [-0.05, 0) is 50.3 Å². The van der Waals surface area contributed by atoms with Gasteiger partial charge in [0.1, 0.15) is 0 Å². The Hall–Kier alpha value is -2.77. The fourth-order valence-corrected chi connectivity index (χ4v) is 3.44. The van der Waals surface area contributed by atoms with Crippen LogP contribution in [0.3, 0.4) is 0 Å². The Balaban J connectivity index is 1.91. The van der Waals surface area contributed by atoms with Crippen LogP contribution in [0.1, 0.15) is 52.5 Å². The second-order valence-electron chi connectivity index (χ2n) is 8.15. The molecule has 1 aromatic rings. The summed E-state index contributed by atoms with van der Waals surface area (Å²) in [5.74, 6) is 1.11. The lowest BCUT2D eigenvalue weighted by molar-refractivity contribution is -0.116. The number of carbonyl (C=O) groups excluding carboxylic acids is 2. The number of piperidine rings is 1. The fraction of sp³-hybridized carbons (Fsp3) is 0.609. The summed E-state index contributed by atoms with van der Waals surface area (Å²) in [6.45, 7) is 10.9. The van der Waals surface area contributed by atoms with Gasteiger partial charge < -0.3 is 25.6 Å². The van der Waals surface area contributed by atoms with Crippen LogP contribution in [0.15, 0.2) is 29.3 Å². The van der Waals surface area contributed by atoms with Crippen LogP contribution in [0.5, 0.6) is 0 Å². The number of hydrogen-bond donors (Lipinski definition) is 3. The van der Waals surface area contributed by atoms with Gasteiger partial charge in [-0.1, -0.05) is 26.0 Å². The maximum Gasteiger partial charge on any atom is 0.409 e. The fourth-order valence-electron chi connectivity index (χ4n) is 3.44. The van der Waals surface area contributed by atoms with Crippen LogP contribution in [0.4, 0.5) is 10.5 Å². The van der Waals surface area contributed by atoms with Crippen molar-refractivity contribution in [2.45, 2.75) is 59.5 Å². The maximum atomic E-state index is 12.0. The first-order valence-corrected chi connectivity index (χ1v) is 11.3. The summed E-state index contributed by atoms with van der Waals surface area (Å²) in [5.41, 5.74) is 1.82. The molecule has 8 nitrogen and oxygen atoms in total. The minimum Gasteiger partial charge on any atom is -0.450 e. The van der Waals surface area contributed by atoms with Crippen LogP contribution in [0.25, 0.3) is 0 Å². The number of rotatable bonds is 8. The summed E-state index contributed by atoms with van der Waals surface area (Å²) < 4.78 is 5.08. The van der Waals surface area contributed by atoms with Gasteiger partial charge in [0.25, 0.3) is 0 Å². The highest BCUT2D eigenvalue weighted by Crippen LogP contribution is 2.14. The van der Waals surface area contributed by atoms with E-state index in [1.807, 2.05) is 52.0 Å². The number of nitrogens with one attached hydrogen (secondary N) is 3. The molecular weight excluding hydrogens is 394 g/mol. The largest absolute Gasteiger partial charge is 0.450 e. The average Bonchev–Trinajstić information content (AvgIpc) is 2.72. The molecule has 2 rings (SSSR count). The van der Waals surface area contributed by atoms with Crippen molar-refractivity contribution >= 4 is 23.6 Å². The van der Waals surface area contributed by atoms with E-state index >= 15 is 0 Å². The summed E-state index contributed by atoms with van der Waals surface area (Å²) >= 11 is 0. The van der Waals surface area contributed by atoms with Crippen LogP contribution >= 0.6 is 0 Å². The highest BCUT2D eigenvalue weighted by atomic mass is 16.6. The summed E-state index contributed by atoms with van der Waals surface area (Å²) in [5, 5.41) is 9.72. The van der Waals surface area contributed by atoms with Gasteiger partial charge in [-0.3, -0.25) is 4.79 Å². The number of likely N-dealkylation sites (tertiary alicyclic amines) is 1. The van der Waals surface area contributed by atoms with E-state index in [0.29, 0.717) is 38.6 Å². The van der Waals surface area contributed by atoms with Crippen LogP contribution in [-0.4, -0.2) is 55.1 Å². The molecule has 1 aliphatic rings. The lowest BCUT2D eigenvalue weighted by atomic mass is 10.1. The molecule has 0 aromatic heterocycles. The predicted octanol–water partition coefficient (Wildman–Crippen LogP) is 3.35. The average molecular weight is 432 g/mol. The van der Waals surface area contributed by atoms with Crippen molar-refractivity contribution in [3.05, 3.63) is 29.8 Å². The van der Waals surface area contributed by atoms with E-state index in [-0.39, 0.29) is 18.0 Å². The SMILES string of the molecule is CCNC(=NCc1cccc(NC(=O)CC(C)C)c1)NC1CCN(C(=O)OCC)CC1. The molecule has 0 unspecified atom stereocenters. The first-order chi connectivity index (χ1) is 14.9. The molecule has 3 N–H and O–H groups in total. The number of nitrogens with zero attached hydrogens (tertiary/aromatic N) is 2. The number of hydrogen-bond acceptors (Lipinski definition) is 4. The Bertz CT molecular complexity index is 742. The molecule has 1 heterocycles. The number of guanidine groups is 1. The number of amides is 2. The van der Waals surface area contributed by atoms with Crippen molar-refractivity contribution < 1.29 is 14.3 Å². The molecule has 1 aliphatic heterocycles. The number of benzene rings is 1. The zero-order chi connectivity index (χ0) is 22.6. The Morgan fingerprint density at radius 3 is 2.61 bits per heavy atom. The number of aliphatic imine (C=N–C) groups is 1. The Labute approximate surface area is 185 Å². The van der Waals surface area contributed by atoms with Crippen molar-refractivity contribution in [2.24, 2.45) is 10.9 Å².